The van der Waals surface area contributed by atoms with Crippen molar-refractivity contribution < 1.29 is 4.79 Å². The number of carbonyl (C=O) groups excluding carboxylic acids is 1. The summed E-state index contributed by atoms with van der Waals surface area (Å²) >= 11 is 1.68. The fourth-order valence-corrected chi connectivity index (χ4v) is 2.71. The van der Waals surface area contributed by atoms with E-state index in [-0.39, 0.29) is 5.54 Å². The molecule has 0 aliphatic heterocycles. The van der Waals surface area contributed by atoms with Gasteiger partial charge in [0.15, 0.2) is 0 Å². The fourth-order valence-electron chi connectivity index (χ4n) is 2.01. The molecule has 1 aliphatic carbocycles. The lowest BCUT2D eigenvalue weighted by atomic mass is 9.74. The maximum absolute atomic E-state index is 11.7. The van der Waals surface area contributed by atoms with Gasteiger partial charge in [0.2, 0.25) is 0 Å². The van der Waals surface area contributed by atoms with Gasteiger partial charge in [-0.1, -0.05) is 0 Å². The molecule has 1 heterocycles. The molecule has 2 nitrogen and oxygen atoms in total. The molecule has 1 aliphatic rings. The molecule has 3 heteroatoms. The van der Waals surface area contributed by atoms with Crippen molar-refractivity contribution >= 4 is 17.1 Å². The summed E-state index contributed by atoms with van der Waals surface area (Å²) in [4.78, 5) is 11.7. The summed E-state index contributed by atoms with van der Waals surface area (Å²) in [6, 6.07) is 2.08. The van der Waals surface area contributed by atoms with Crippen molar-refractivity contribution in [3.63, 3.8) is 0 Å². The van der Waals surface area contributed by atoms with E-state index in [0.29, 0.717) is 18.6 Å². The van der Waals surface area contributed by atoms with Gasteiger partial charge >= 0.3 is 0 Å². The Bertz CT molecular complexity index is 327. The van der Waals surface area contributed by atoms with Crippen molar-refractivity contribution in [2.45, 2.75) is 44.1 Å². The molecule has 0 aromatic carbocycles. The van der Waals surface area contributed by atoms with Crippen molar-refractivity contribution in [2.75, 3.05) is 0 Å². The maximum Gasteiger partial charge on any atom is 0.135 e. The average Bonchev–Trinajstić information content (AvgIpc) is 2.64. The first kappa shape index (κ1) is 10.8. The van der Waals surface area contributed by atoms with Crippen LogP contribution in [0.5, 0.6) is 0 Å². The van der Waals surface area contributed by atoms with Crippen LogP contribution in [0.4, 0.5) is 0 Å². The van der Waals surface area contributed by atoms with Crippen LogP contribution in [0.2, 0.25) is 0 Å². The normalized spacial score (nSPS) is 18.5. The third kappa shape index (κ3) is 2.89. The summed E-state index contributed by atoms with van der Waals surface area (Å²) in [6.45, 7) is 0. The zero-order valence-corrected chi connectivity index (χ0v) is 9.69. The number of hydrogen-bond donors (Lipinski definition) is 1. The third-order valence-electron chi connectivity index (χ3n) is 3.17. The summed E-state index contributed by atoms with van der Waals surface area (Å²) < 4.78 is 0. The Morgan fingerprint density at radius 2 is 2.33 bits per heavy atom. The number of carbonyl (C=O) groups is 1. The Kier molecular flexibility index (Phi) is 3.22. The number of aryl methyl sites for hydroxylation is 1. The quantitative estimate of drug-likeness (QED) is 0.833. The van der Waals surface area contributed by atoms with Crippen LogP contribution in [0.25, 0.3) is 0 Å². The highest BCUT2D eigenvalue weighted by atomic mass is 32.1. The lowest BCUT2D eigenvalue weighted by Crippen LogP contribution is -2.48. The van der Waals surface area contributed by atoms with Gasteiger partial charge in [0.05, 0.1) is 0 Å². The molecule has 1 saturated carbocycles. The van der Waals surface area contributed by atoms with E-state index in [1.165, 1.54) is 12.0 Å². The van der Waals surface area contributed by atoms with Crippen molar-refractivity contribution in [1.29, 1.82) is 0 Å². The second-order valence-electron chi connectivity index (χ2n) is 4.56. The predicted molar refractivity (Wildman–Crippen MR) is 63.0 cm³/mol. The largest absolute Gasteiger partial charge is 0.325 e. The Morgan fingerprint density at radius 3 is 2.87 bits per heavy atom. The Balaban J connectivity index is 1.73. The summed E-state index contributed by atoms with van der Waals surface area (Å²) in [6.07, 6.45) is 5.34. The van der Waals surface area contributed by atoms with Crippen molar-refractivity contribution in [1.82, 2.24) is 0 Å². The Labute approximate surface area is 94.5 Å². The monoisotopic (exact) mass is 223 g/mol. The van der Waals surface area contributed by atoms with Gasteiger partial charge in [0.25, 0.3) is 0 Å². The highest BCUT2D eigenvalue weighted by molar-refractivity contribution is 7.07. The molecule has 1 fully saturated rings. The molecule has 1 aromatic rings. The van der Waals surface area contributed by atoms with Crippen LogP contribution in [0, 0.1) is 0 Å². The van der Waals surface area contributed by atoms with E-state index in [0.717, 1.165) is 19.3 Å². The highest BCUT2D eigenvalue weighted by Gasteiger charge is 2.34. The number of nitrogens with two attached hydrogens (primary N) is 1. The molecule has 0 spiro atoms. The minimum Gasteiger partial charge on any atom is -0.325 e. The zero-order valence-electron chi connectivity index (χ0n) is 8.87. The van der Waals surface area contributed by atoms with E-state index in [1.807, 2.05) is 0 Å². The molecule has 82 valence electrons. The minimum atomic E-state index is -0.147. The highest BCUT2D eigenvalue weighted by Crippen LogP contribution is 2.32. The second kappa shape index (κ2) is 4.45. The number of hydrogen-bond acceptors (Lipinski definition) is 3. The number of thiophene rings is 1. The van der Waals surface area contributed by atoms with Gasteiger partial charge in [-0.05, 0) is 48.1 Å². The molecule has 0 radical (unpaired) electrons. The first-order valence-electron chi connectivity index (χ1n) is 5.50. The molecule has 0 unspecified atom stereocenters. The standard InChI is InChI=1S/C12H17NOS/c13-12(5-1-6-12)8-11(14)3-2-10-4-7-15-9-10/h4,7,9H,1-3,5-6,8,13H2. The van der Waals surface area contributed by atoms with E-state index in [1.54, 1.807) is 11.3 Å². The summed E-state index contributed by atoms with van der Waals surface area (Å²) in [7, 11) is 0. The summed E-state index contributed by atoms with van der Waals surface area (Å²) in [5.74, 6) is 0.323. The second-order valence-corrected chi connectivity index (χ2v) is 5.34. The lowest BCUT2D eigenvalue weighted by molar-refractivity contribution is -0.120. The van der Waals surface area contributed by atoms with Gasteiger partial charge in [0, 0.05) is 18.4 Å². The van der Waals surface area contributed by atoms with Crippen molar-refractivity contribution in [2.24, 2.45) is 5.73 Å². The third-order valence-corrected chi connectivity index (χ3v) is 3.90. The maximum atomic E-state index is 11.7. The minimum absolute atomic E-state index is 0.147. The molecule has 2 rings (SSSR count). The molecule has 0 bridgehead atoms. The van der Waals surface area contributed by atoms with Gasteiger partial charge < -0.3 is 5.73 Å². The smallest absolute Gasteiger partial charge is 0.135 e. The van der Waals surface area contributed by atoms with Gasteiger partial charge in [-0.15, -0.1) is 0 Å². The molecule has 1 aromatic heterocycles. The first-order valence-corrected chi connectivity index (χ1v) is 6.44. The number of rotatable bonds is 5. The summed E-state index contributed by atoms with van der Waals surface area (Å²) in [5, 5.41) is 4.16. The summed E-state index contributed by atoms with van der Waals surface area (Å²) in [5.41, 5.74) is 7.16. The topological polar surface area (TPSA) is 43.1 Å². The van der Waals surface area contributed by atoms with Crippen LogP contribution >= 0.6 is 11.3 Å². The van der Waals surface area contributed by atoms with E-state index >= 15 is 0 Å². The lowest BCUT2D eigenvalue weighted by Gasteiger charge is -2.37. The molecule has 0 saturated heterocycles. The van der Waals surface area contributed by atoms with Crippen LogP contribution in [0.1, 0.15) is 37.7 Å². The molecule has 0 amide bonds. The first-order chi connectivity index (χ1) is 7.18. The molecule has 2 N–H and O–H groups in total. The fraction of sp³-hybridized carbons (Fsp3) is 0.583. The van der Waals surface area contributed by atoms with E-state index in [4.69, 9.17) is 5.73 Å². The van der Waals surface area contributed by atoms with Gasteiger partial charge in [0.1, 0.15) is 5.78 Å². The Morgan fingerprint density at radius 1 is 1.53 bits per heavy atom. The van der Waals surface area contributed by atoms with Crippen molar-refractivity contribution in [3.05, 3.63) is 22.4 Å². The molecule has 0 atom stereocenters. The molecular weight excluding hydrogens is 206 g/mol. The molecule has 15 heavy (non-hydrogen) atoms. The van der Waals surface area contributed by atoms with Crippen LogP contribution in [-0.2, 0) is 11.2 Å². The number of ketones is 1. The van der Waals surface area contributed by atoms with Crippen molar-refractivity contribution in [3.8, 4) is 0 Å². The number of Topliss-reactive ketones (excluding diaryl/α,β-unsaturated/α-hetero) is 1. The van der Waals surface area contributed by atoms with E-state index < -0.39 is 0 Å². The SMILES string of the molecule is NC1(CC(=O)CCc2ccsc2)CCC1. The van der Waals surface area contributed by atoms with Gasteiger partial charge in [-0.3, -0.25) is 4.79 Å². The van der Waals surface area contributed by atoms with Crippen LogP contribution < -0.4 is 5.73 Å². The average molecular weight is 223 g/mol. The Hall–Kier alpha value is -0.670. The van der Waals surface area contributed by atoms with E-state index in [9.17, 15) is 4.79 Å². The van der Waals surface area contributed by atoms with Crippen LogP contribution in [0.15, 0.2) is 16.8 Å². The van der Waals surface area contributed by atoms with E-state index in [2.05, 4.69) is 16.8 Å². The predicted octanol–water partition coefficient (Wildman–Crippen LogP) is 2.52. The molecular formula is C12H17NOS. The van der Waals surface area contributed by atoms with Gasteiger partial charge in [-0.2, -0.15) is 11.3 Å². The zero-order chi connectivity index (χ0) is 10.7. The van der Waals surface area contributed by atoms with Gasteiger partial charge in [-0.25, -0.2) is 0 Å². The van der Waals surface area contributed by atoms with Crippen LogP contribution in [-0.4, -0.2) is 11.3 Å². The van der Waals surface area contributed by atoms with Crippen LogP contribution in [0.3, 0.4) is 0 Å².